The van der Waals surface area contributed by atoms with Crippen molar-refractivity contribution >= 4 is 11.7 Å². The maximum absolute atomic E-state index is 12.6. The standard InChI is InChI=1S/C19H27NO4/c1-4-20(15-8-6-5-7-9-15)19(22)13-24-18-12-16(23-3)10-11-17(18)14(2)21/h10-12,15H,4-9,13H2,1-3H3. The van der Waals surface area contributed by atoms with Gasteiger partial charge in [0.15, 0.2) is 12.4 Å². The van der Waals surface area contributed by atoms with E-state index in [1.54, 1.807) is 25.3 Å². The second kappa shape index (κ2) is 8.71. The monoisotopic (exact) mass is 333 g/mol. The van der Waals surface area contributed by atoms with Gasteiger partial charge in [-0.15, -0.1) is 0 Å². The zero-order valence-electron chi connectivity index (χ0n) is 14.8. The SMILES string of the molecule is CCN(C(=O)COc1cc(OC)ccc1C(C)=O)C1CCCCC1. The van der Waals surface area contributed by atoms with E-state index < -0.39 is 0 Å². The molecule has 0 saturated heterocycles. The maximum atomic E-state index is 12.6. The lowest BCUT2D eigenvalue weighted by Crippen LogP contribution is -2.43. The summed E-state index contributed by atoms with van der Waals surface area (Å²) >= 11 is 0. The van der Waals surface area contributed by atoms with Gasteiger partial charge in [-0.2, -0.15) is 0 Å². The van der Waals surface area contributed by atoms with Gasteiger partial charge in [0, 0.05) is 18.7 Å². The molecule has 132 valence electrons. The zero-order valence-corrected chi connectivity index (χ0v) is 14.8. The average molecular weight is 333 g/mol. The number of methoxy groups -OCH3 is 1. The Morgan fingerprint density at radius 3 is 2.50 bits per heavy atom. The molecule has 0 spiro atoms. The summed E-state index contributed by atoms with van der Waals surface area (Å²) in [6.07, 6.45) is 5.75. The minimum absolute atomic E-state index is 0.0262. The average Bonchev–Trinajstić information content (AvgIpc) is 2.61. The minimum atomic E-state index is -0.0975. The van der Waals surface area contributed by atoms with Crippen molar-refractivity contribution in [1.29, 1.82) is 0 Å². The second-order valence-electron chi connectivity index (χ2n) is 6.18. The van der Waals surface area contributed by atoms with Gasteiger partial charge in [-0.25, -0.2) is 0 Å². The van der Waals surface area contributed by atoms with Gasteiger partial charge in [0.05, 0.1) is 12.7 Å². The molecule has 5 heteroatoms. The van der Waals surface area contributed by atoms with E-state index in [1.807, 2.05) is 11.8 Å². The van der Waals surface area contributed by atoms with Crippen molar-refractivity contribution in [3.05, 3.63) is 23.8 Å². The molecule has 1 aromatic carbocycles. The van der Waals surface area contributed by atoms with Crippen LogP contribution in [0.5, 0.6) is 11.5 Å². The van der Waals surface area contributed by atoms with Gasteiger partial charge in [0.1, 0.15) is 11.5 Å². The highest BCUT2D eigenvalue weighted by molar-refractivity contribution is 5.97. The predicted molar refractivity (Wildman–Crippen MR) is 92.8 cm³/mol. The number of carbonyl (C=O) groups is 2. The van der Waals surface area contributed by atoms with Crippen LogP contribution >= 0.6 is 0 Å². The van der Waals surface area contributed by atoms with Crippen LogP contribution in [0.1, 0.15) is 56.3 Å². The molecule has 0 bridgehead atoms. The third kappa shape index (κ3) is 4.49. The molecule has 2 rings (SSSR count). The number of ether oxygens (including phenoxy) is 2. The summed E-state index contributed by atoms with van der Waals surface area (Å²) in [7, 11) is 1.56. The van der Waals surface area contributed by atoms with E-state index in [1.165, 1.54) is 26.2 Å². The summed E-state index contributed by atoms with van der Waals surface area (Å²) in [5.41, 5.74) is 0.462. The van der Waals surface area contributed by atoms with E-state index in [-0.39, 0.29) is 18.3 Å². The second-order valence-corrected chi connectivity index (χ2v) is 6.18. The number of likely N-dealkylation sites (N-methyl/N-ethyl adjacent to an activating group) is 1. The fraction of sp³-hybridized carbons (Fsp3) is 0.579. The first-order valence-corrected chi connectivity index (χ1v) is 8.68. The summed E-state index contributed by atoms with van der Waals surface area (Å²) in [6.45, 7) is 4.11. The van der Waals surface area contributed by atoms with Crippen molar-refractivity contribution in [2.75, 3.05) is 20.3 Å². The van der Waals surface area contributed by atoms with Crippen LogP contribution in [-0.2, 0) is 4.79 Å². The number of ketones is 1. The van der Waals surface area contributed by atoms with Gasteiger partial charge in [-0.3, -0.25) is 9.59 Å². The van der Waals surface area contributed by atoms with Crippen LogP contribution < -0.4 is 9.47 Å². The molecule has 0 aliphatic heterocycles. The molecule has 0 aromatic heterocycles. The lowest BCUT2D eigenvalue weighted by molar-refractivity contribution is -0.136. The summed E-state index contributed by atoms with van der Waals surface area (Å²) in [5, 5.41) is 0. The number of amides is 1. The molecule has 1 aliphatic rings. The van der Waals surface area contributed by atoms with Gasteiger partial charge in [0.2, 0.25) is 0 Å². The molecule has 5 nitrogen and oxygen atoms in total. The number of nitrogens with zero attached hydrogens (tertiary/aromatic N) is 1. The Morgan fingerprint density at radius 1 is 1.21 bits per heavy atom. The third-order valence-corrected chi connectivity index (χ3v) is 4.60. The van der Waals surface area contributed by atoms with Crippen LogP contribution in [0.25, 0.3) is 0 Å². The molecule has 0 unspecified atom stereocenters. The molecular formula is C19H27NO4. The Morgan fingerprint density at radius 2 is 1.92 bits per heavy atom. The predicted octanol–water partition coefficient (Wildman–Crippen LogP) is 3.46. The summed E-state index contributed by atoms with van der Waals surface area (Å²) in [6, 6.07) is 5.35. The van der Waals surface area contributed by atoms with Gasteiger partial charge in [-0.1, -0.05) is 19.3 Å². The normalized spacial score (nSPS) is 15.0. The van der Waals surface area contributed by atoms with E-state index in [4.69, 9.17) is 9.47 Å². The highest BCUT2D eigenvalue weighted by Crippen LogP contribution is 2.26. The molecule has 0 N–H and O–H groups in total. The molecule has 0 radical (unpaired) electrons. The Hall–Kier alpha value is -2.04. The van der Waals surface area contributed by atoms with Gasteiger partial charge >= 0.3 is 0 Å². The highest BCUT2D eigenvalue weighted by atomic mass is 16.5. The smallest absolute Gasteiger partial charge is 0.260 e. The van der Waals surface area contributed by atoms with E-state index in [2.05, 4.69) is 0 Å². The number of Topliss-reactive ketones (excluding diaryl/α,β-unsaturated/α-hetero) is 1. The number of hydrogen-bond acceptors (Lipinski definition) is 4. The molecular weight excluding hydrogens is 306 g/mol. The fourth-order valence-electron chi connectivity index (χ4n) is 3.29. The maximum Gasteiger partial charge on any atom is 0.260 e. The first-order valence-electron chi connectivity index (χ1n) is 8.68. The van der Waals surface area contributed by atoms with Gasteiger partial charge < -0.3 is 14.4 Å². The third-order valence-electron chi connectivity index (χ3n) is 4.60. The van der Waals surface area contributed by atoms with Gasteiger partial charge in [0.25, 0.3) is 5.91 Å². The van der Waals surface area contributed by atoms with E-state index in [9.17, 15) is 9.59 Å². The van der Waals surface area contributed by atoms with Crippen LogP contribution in [0, 0.1) is 0 Å². The molecule has 1 fully saturated rings. The summed E-state index contributed by atoms with van der Waals surface area (Å²) < 4.78 is 10.9. The van der Waals surface area contributed by atoms with Crippen molar-refractivity contribution in [3.8, 4) is 11.5 Å². The van der Waals surface area contributed by atoms with Gasteiger partial charge in [-0.05, 0) is 38.8 Å². The zero-order chi connectivity index (χ0) is 17.5. The van der Waals surface area contributed by atoms with Crippen LogP contribution in [0.4, 0.5) is 0 Å². The quantitative estimate of drug-likeness (QED) is 0.717. The topological polar surface area (TPSA) is 55.8 Å². The summed E-state index contributed by atoms with van der Waals surface area (Å²) in [5.74, 6) is 0.874. The number of benzene rings is 1. The van der Waals surface area contributed by atoms with Crippen molar-refractivity contribution in [2.45, 2.75) is 52.0 Å². The van der Waals surface area contributed by atoms with E-state index in [0.717, 1.165) is 12.8 Å². The highest BCUT2D eigenvalue weighted by Gasteiger charge is 2.24. The molecule has 24 heavy (non-hydrogen) atoms. The number of carbonyl (C=O) groups excluding carboxylic acids is 2. The minimum Gasteiger partial charge on any atom is -0.497 e. The Balaban J connectivity index is 2.05. The Labute approximate surface area is 143 Å². The van der Waals surface area contributed by atoms with E-state index in [0.29, 0.717) is 29.6 Å². The molecule has 0 atom stereocenters. The lowest BCUT2D eigenvalue weighted by Gasteiger charge is -2.33. The molecule has 0 heterocycles. The van der Waals surface area contributed by atoms with E-state index >= 15 is 0 Å². The largest absolute Gasteiger partial charge is 0.497 e. The first-order chi connectivity index (χ1) is 11.6. The molecule has 1 amide bonds. The fourth-order valence-corrected chi connectivity index (χ4v) is 3.29. The van der Waals surface area contributed by atoms with Crippen LogP contribution in [0.2, 0.25) is 0 Å². The van der Waals surface area contributed by atoms with Crippen molar-refractivity contribution in [3.63, 3.8) is 0 Å². The molecule has 1 aromatic rings. The lowest BCUT2D eigenvalue weighted by atomic mass is 9.94. The first kappa shape index (κ1) is 18.3. The summed E-state index contributed by atoms with van der Waals surface area (Å²) in [4.78, 5) is 26.2. The molecule has 1 saturated carbocycles. The van der Waals surface area contributed by atoms with Crippen molar-refractivity contribution in [1.82, 2.24) is 4.90 Å². The van der Waals surface area contributed by atoms with Crippen LogP contribution in [0.15, 0.2) is 18.2 Å². The Kier molecular flexibility index (Phi) is 6.64. The molecule has 1 aliphatic carbocycles. The van der Waals surface area contributed by atoms with Crippen LogP contribution in [0.3, 0.4) is 0 Å². The van der Waals surface area contributed by atoms with Crippen LogP contribution in [-0.4, -0.2) is 42.9 Å². The number of hydrogen-bond donors (Lipinski definition) is 0. The number of rotatable bonds is 7. The van der Waals surface area contributed by atoms with Crippen molar-refractivity contribution < 1.29 is 19.1 Å². The van der Waals surface area contributed by atoms with Crippen molar-refractivity contribution in [2.24, 2.45) is 0 Å². The Bertz CT molecular complexity index is 579.